The van der Waals surface area contributed by atoms with Crippen LogP contribution < -0.4 is 9.62 Å². The molecule has 2 aromatic rings. The molecule has 1 unspecified atom stereocenters. The highest BCUT2D eigenvalue weighted by Crippen LogP contribution is 2.36. The Morgan fingerprint density at radius 2 is 1.68 bits per heavy atom. The largest absolute Gasteiger partial charge is 0.416 e. The summed E-state index contributed by atoms with van der Waals surface area (Å²) in [5, 5.41) is 2.95. The summed E-state index contributed by atoms with van der Waals surface area (Å²) in [6, 6.07) is 7.77. The maximum absolute atomic E-state index is 13.6. The van der Waals surface area contributed by atoms with Gasteiger partial charge in [-0.3, -0.25) is 13.9 Å². The second-order valence-corrected chi connectivity index (χ2v) is 11.4. The minimum Gasteiger partial charge on any atom is -0.354 e. The summed E-state index contributed by atoms with van der Waals surface area (Å²) >= 11 is 12.0. The molecule has 0 aliphatic rings. The molecule has 1 N–H and O–H groups in total. The molecule has 2 aromatic carbocycles. The van der Waals surface area contributed by atoms with Gasteiger partial charge in [0.25, 0.3) is 0 Å². The van der Waals surface area contributed by atoms with Crippen molar-refractivity contribution < 1.29 is 31.2 Å². The summed E-state index contributed by atoms with van der Waals surface area (Å²) < 4.78 is 65.9. The number of nitrogens with zero attached hydrogens (tertiary/aromatic N) is 2. The quantitative estimate of drug-likeness (QED) is 0.328. The molecule has 13 heteroatoms. The molecule has 0 fully saturated rings. The van der Waals surface area contributed by atoms with Crippen molar-refractivity contribution in [1.29, 1.82) is 0 Å². The highest BCUT2D eigenvalue weighted by molar-refractivity contribution is 7.92. The first kappa shape index (κ1) is 31.7. The third-order valence-electron chi connectivity index (χ3n) is 5.70. The molecular weight excluding hydrogens is 566 g/mol. The van der Waals surface area contributed by atoms with Crippen molar-refractivity contribution in [3.05, 3.63) is 63.6 Å². The minimum atomic E-state index is -4.77. The van der Waals surface area contributed by atoms with E-state index in [0.29, 0.717) is 33.6 Å². The topological polar surface area (TPSA) is 86.8 Å². The second kappa shape index (κ2) is 13.5. The van der Waals surface area contributed by atoms with Crippen molar-refractivity contribution in [2.45, 2.75) is 51.9 Å². The van der Waals surface area contributed by atoms with Crippen LogP contribution in [0.4, 0.5) is 18.9 Å². The van der Waals surface area contributed by atoms with Crippen molar-refractivity contribution in [1.82, 2.24) is 10.2 Å². The standard InChI is InChI=1S/C25H30Cl2F3N3O4S/c1-4-6-13-31-24(35)21(5-2)32(15-17-7-10-19(26)11-8-17)23(34)16-33(38(3,36)37)22-14-18(25(28,29)30)9-12-20(22)27/h7-12,14,21H,4-6,13,15-16H2,1-3H3,(H,31,35). The van der Waals surface area contributed by atoms with E-state index in [0.717, 1.165) is 25.2 Å². The summed E-state index contributed by atoms with van der Waals surface area (Å²) in [5.74, 6) is -1.22. The molecule has 0 heterocycles. The van der Waals surface area contributed by atoms with Gasteiger partial charge < -0.3 is 10.2 Å². The van der Waals surface area contributed by atoms with Crippen LogP contribution in [0.25, 0.3) is 0 Å². The number of rotatable bonds is 12. The maximum Gasteiger partial charge on any atom is 0.416 e. The van der Waals surface area contributed by atoms with E-state index in [4.69, 9.17) is 23.2 Å². The van der Waals surface area contributed by atoms with Gasteiger partial charge in [-0.15, -0.1) is 0 Å². The van der Waals surface area contributed by atoms with Gasteiger partial charge in [0.2, 0.25) is 21.8 Å². The molecule has 38 heavy (non-hydrogen) atoms. The van der Waals surface area contributed by atoms with Crippen LogP contribution in [0.2, 0.25) is 10.0 Å². The molecule has 7 nitrogen and oxygen atoms in total. The highest BCUT2D eigenvalue weighted by Gasteiger charge is 2.35. The summed E-state index contributed by atoms with van der Waals surface area (Å²) in [6.07, 6.45) is -2.23. The predicted molar refractivity (Wildman–Crippen MR) is 143 cm³/mol. The zero-order chi connectivity index (χ0) is 28.7. The van der Waals surface area contributed by atoms with Crippen molar-refractivity contribution in [3.8, 4) is 0 Å². The Morgan fingerprint density at radius 3 is 2.21 bits per heavy atom. The normalized spacial score (nSPS) is 12.6. The average molecular weight is 596 g/mol. The van der Waals surface area contributed by atoms with Gasteiger partial charge >= 0.3 is 6.18 Å². The Labute approximate surface area is 230 Å². The molecular formula is C25H30Cl2F3N3O4S. The number of anilines is 1. The Morgan fingerprint density at radius 1 is 1.05 bits per heavy atom. The zero-order valence-electron chi connectivity index (χ0n) is 21.2. The van der Waals surface area contributed by atoms with E-state index in [-0.39, 0.29) is 18.0 Å². The summed E-state index contributed by atoms with van der Waals surface area (Å²) in [5.41, 5.74) is -1.01. The van der Waals surface area contributed by atoms with Crippen LogP contribution >= 0.6 is 23.2 Å². The van der Waals surface area contributed by atoms with Crippen LogP contribution in [0.3, 0.4) is 0 Å². The van der Waals surface area contributed by atoms with Gasteiger partial charge in [-0.1, -0.05) is 55.6 Å². The molecule has 0 aliphatic carbocycles. The van der Waals surface area contributed by atoms with E-state index in [1.165, 1.54) is 4.90 Å². The van der Waals surface area contributed by atoms with Crippen LogP contribution in [0.1, 0.15) is 44.2 Å². The molecule has 210 valence electrons. The van der Waals surface area contributed by atoms with Gasteiger partial charge in [-0.05, 0) is 48.7 Å². The molecule has 2 rings (SSSR count). The number of hydrogen-bond donors (Lipinski definition) is 1. The number of carbonyl (C=O) groups excluding carboxylic acids is 2. The lowest BCUT2D eigenvalue weighted by Gasteiger charge is -2.33. The number of alkyl halides is 3. The monoisotopic (exact) mass is 595 g/mol. The molecule has 2 amide bonds. The first-order valence-electron chi connectivity index (χ1n) is 11.8. The van der Waals surface area contributed by atoms with Crippen molar-refractivity contribution in [2.75, 3.05) is 23.7 Å². The summed E-state index contributed by atoms with van der Waals surface area (Å²) in [4.78, 5) is 27.8. The first-order valence-corrected chi connectivity index (χ1v) is 14.5. The van der Waals surface area contributed by atoms with Crippen molar-refractivity contribution >= 4 is 50.7 Å². The smallest absolute Gasteiger partial charge is 0.354 e. The molecule has 0 radical (unpaired) electrons. The van der Waals surface area contributed by atoms with Crippen LogP contribution in [-0.4, -0.2) is 50.5 Å². The number of benzene rings is 2. The molecule has 0 aromatic heterocycles. The van der Waals surface area contributed by atoms with Crippen LogP contribution in [0.15, 0.2) is 42.5 Å². The molecule has 0 saturated carbocycles. The number of sulfonamides is 1. The van der Waals surface area contributed by atoms with E-state index >= 15 is 0 Å². The van der Waals surface area contributed by atoms with Gasteiger partial charge in [0.15, 0.2) is 0 Å². The van der Waals surface area contributed by atoms with E-state index in [1.54, 1.807) is 31.2 Å². The lowest BCUT2D eigenvalue weighted by molar-refractivity contribution is -0.140. The number of nitrogens with one attached hydrogen (secondary N) is 1. The molecule has 1 atom stereocenters. The Kier molecular flexibility index (Phi) is 11.3. The Balaban J connectivity index is 2.50. The average Bonchev–Trinajstić information content (AvgIpc) is 2.82. The van der Waals surface area contributed by atoms with Gasteiger partial charge in [0.05, 0.1) is 22.5 Å². The maximum atomic E-state index is 13.6. The number of carbonyl (C=O) groups is 2. The van der Waals surface area contributed by atoms with Gasteiger partial charge in [-0.25, -0.2) is 8.42 Å². The van der Waals surface area contributed by atoms with Crippen molar-refractivity contribution in [2.24, 2.45) is 0 Å². The lowest BCUT2D eigenvalue weighted by atomic mass is 10.1. The number of amides is 2. The summed E-state index contributed by atoms with van der Waals surface area (Å²) in [6.45, 7) is 3.11. The van der Waals surface area contributed by atoms with E-state index in [9.17, 15) is 31.2 Å². The highest BCUT2D eigenvalue weighted by atomic mass is 35.5. The fraction of sp³-hybridized carbons (Fsp3) is 0.440. The number of unbranched alkanes of at least 4 members (excludes halogenated alkanes) is 1. The first-order chi connectivity index (χ1) is 17.7. The Hall–Kier alpha value is -2.50. The van der Waals surface area contributed by atoms with Gasteiger partial charge in [0.1, 0.15) is 12.6 Å². The van der Waals surface area contributed by atoms with Gasteiger partial charge in [-0.2, -0.15) is 13.2 Å². The van der Waals surface area contributed by atoms with E-state index < -0.39 is 51.9 Å². The third-order valence-corrected chi connectivity index (χ3v) is 7.40. The van der Waals surface area contributed by atoms with Crippen LogP contribution in [0.5, 0.6) is 0 Å². The molecule has 0 saturated heterocycles. The third kappa shape index (κ3) is 8.78. The fourth-order valence-corrected chi connectivity index (χ4v) is 4.94. The van der Waals surface area contributed by atoms with Crippen LogP contribution in [0, 0.1) is 0 Å². The molecule has 0 bridgehead atoms. The SMILES string of the molecule is CCCCNC(=O)C(CC)N(Cc1ccc(Cl)cc1)C(=O)CN(c1cc(C(F)(F)F)ccc1Cl)S(C)(=O)=O. The molecule has 0 spiro atoms. The lowest BCUT2D eigenvalue weighted by Crippen LogP contribution is -2.52. The summed E-state index contributed by atoms with van der Waals surface area (Å²) in [7, 11) is -4.26. The molecule has 0 aliphatic heterocycles. The van der Waals surface area contributed by atoms with Crippen LogP contribution in [-0.2, 0) is 32.3 Å². The minimum absolute atomic E-state index is 0.0658. The Bertz CT molecular complexity index is 1230. The zero-order valence-corrected chi connectivity index (χ0v) is 23.5. The fourth-order valence-electron chi connectivity index (χ4n) is 3.69. The second-order valence-electron chi connectivity index (χ2n) is 8.65. The predicted octanol–water partition coefficient (Wildman–Crippen LogP) is 5.50. The van der Waals surface area contributed by atoms with Crippen molar-refractivity contribution in [3.63, 3.8) is 0 Å². The van der Waals surface area contributed by atoms with E-state index in [1.807, 2.05) is 6.92 Å². The van der Waals surface area contributed by atoms with Gasteiger partial charge in [0, 0.05) is 18.1 Å². The number of halogens is 5. The number of hydrogen-bond acceptors (Lipinski definition) is 4. The van der Waals surface area contributed by atoms with E-state index in [2.05, 4.69) is 5.32 Å².